The number of ether oxygens (including phenoxy) is 2. The van der Waals surface area contributed by atoms with Gasteiger partial charge in [0.25, 0.3) is 5.91 Å². The molecule has 1 aliphatic carbocycles. The number of fused-ring (bicyclic) bond motifs is 1. The van der Waals surface area contributed by atoms with Crippen LogP contribution < -0.4 is 20.5 Å². The van der Waals surface area contributed by atoms with Crippen molar-refractivity contribution in [3.8, 4) is 11.5 Å². The number of rotatable bonds is 2. The Morgan fingerprint density at radius 1 is 1.29 bits per heavy atom. The van der Waals surface area contributed by atoms with Crippen molar-refractivity contribution in [2.45, 2.75) is 25.3 Å². The molecule has 0 spiro atoms. The first-order chi connectivity index (χ1) is 8.24. The molecule has 0 atom stereocenters. The molecule has 0 radical (unpaired) electrons. The van der Waals surface area contributed by atoms with E-state index >= 15 is 0 Å². The average molecular weight is 234 g/mol. The summed E-state index contributed by atoms with van der Waals surface area (Å²) >= 11 is 0. The van der Waals surface area contributed by atoms with Crippen molar-refractivity contribution in [1.82, 2.24) is 5.32 Å². The van der Waals surface area contributed by atoms with Crippen LogP contribution in [0.1, 0.15) is 29.6 Å². The number of amides is 1. The monoisotopic (exact) mass is 234 g/mol. The number of nitrogens with two attached hydrogens (primary N) is 1. The fraction of sp³-hybridized carbons (Fsp3) is 0.417. The molecule has 3 N–H and O–H groups in total. The number of nitrogens with one attached hydrogen (secondary N) is 1. The quantitative estimate of drug-likeness (QED) is 0.756. The van der Waals surface area contributed by atoms with Crippen molar-refractivity contribution in [3.05, 3.63) is 17.7 Å². The minimum Gasteiger partial charge on any atom is -0.454 e. The molecule has 5 heteroatoms. The molecule has 1 saturated carbocycles. The summed E-state index contributed by atoms with van der Waals surface area (Å²) in [6, 6.07) is 3.58. The van der Waals surface area contributed by atoms with E-state index in [2.05, 4.69) is 5.32 Å². The summed E-state index contributed by atoms with van der Waals surface area (Å²) in [6.45, 7) is 0.183. The lowest BCUT2D eigenvalue weighted by Crippen LogP contribution is -2.39. The van der Waals surface area contributed by atoms with Gasteiger partial charge < -0.3 is 20.5 Å². The summed E-state index contributed by atoms with van der Waals surface area (Å²) in [5.41, 5.74) is 6.72. The molecule has 0 saturated heterocycles. The van der Waals surface area contributed by atoms with Crippen LogP contribution in [0.5, 0.6) is 11.5 Å². The summed E-state index contributed by atoms with van der Waals surface area (Å²) < 4.78 is 10.4. The number of nitrogen functional groups attached to an aromatic ring is 1. The molecule has 1 fully saturated rings. The summed E-state index contributed by atoms with van der Waals surface area (Å²) in [5, 5.41) is 2.95. The van der Waals surface area contributed by atoms with Gasteiger partial charge >= 0.3 is 0 Å². The molecule has 0 bridgehead atoms. The Morgan fingerprint density at radius 2 is 2.00 bits per heavy atom. The molecule has 0 unspecified atom stereocenters. The highest BCUT2D eigenvalue weighted by Crippen LogP contribution is 2.36. The van der Waals surface area contributed by atoms with E-state index in [1.54, 1.807) is 12.1 Å². The summed E-state index contributed by atoms with van der Waals surface area (Å²) in [4.78, 5) is 12.0. The topological polar surface area (TPSA) is 73.6 Å². The molecular formula is C12H14N2O3. The Labute approximate surface area is 98.9 Å². The number of anilines is 1. The zero-order chi connectivity index (χ0) is 11.8. The Balaban J connectivity index is 1.83. The Hall–Kier alpha value is -1.91. The predicted octanol–water partition coefficient (Wildman–Crippen LogP) is 1.28. The second kappa shape index (κ2) is 3.84. The van der Waals surface area contributed by atoms with Gasteiger partial charge in [-0.2, -0.15) is 0 Å². The lowest BCUT2D eigenvalue weighted by atomic mass is 9.93. The van der Waals surface area contributed by atoms with E-state index in [-0.39, 0.29) is 12.7 Å². The molecular weight excluding hydrogens is 220 g/mol. The van der Waals surface area contributed by atoms with Crippen LogP contribution in [0.25, 0.3) is 0 Å². The van der Waals surface area contributed by atoms with Crippen molar-refractivity contribution < 1.29 is 14.3 Å². The van der Waals surface area contributed by atoms with Crippen molar-refractivity contribution in [1.29, 1.82) is 0 Å². The Bertz CT molecular complexity index is 469. The third-order valence-electron chi connectivity index (χ3n) is 3.23. The predicted molar refractivity (Wildman–Crippen MR) is 62.1 cm³/mol. The first-order valence-corrected chi connectivity index (χ1v) is 5.74. The highest BCUT2D eigenvalue weighted by molar-refractivity contribution is 6.00. The lowest BCUT2D eigenvalue weighted by Gasteiger charge is -2.26. The van der Waals surface area contributed by atoms with Gasteiger partial charge in [0.15, 0.2) is 11.5 Å². The van der Waals surface area contributed by atoms with Crippen LogP contribution in [0.15, 0.2) is 12.1 Å². The van der Waals surface area contributed by atoms with Gasteiger partial charge in [0.05, 0.1) is 5.56 Å². The molecule has 3 rings (SSSR count). The normalized spacial score (nSPS) is 17.6. The third-order valence-corrected chi connectivity index (χ3v) is 3.23. The molecule has 90 valence electrons. The van der Waals surface area contributed by atoms with Gasteiger partial charge in [-0.15, -0.1) is 0 Å². The zero-order valence-electron chi connectivity index (χ0n) is 9.36. The second-order valence-electron chi connectivity index (χ2n) is 4.39. The van der Waals surface area contributed by atoms with Crippen LogP contribution in [0.3, 0.4) is 0 Å². The van der Waals surface area contributed by atoms with Gasteiger partial charge in [-0.1, -0.05) is 0 Å². The highest BCUT2D eigenvalue weighted by Gasteiger charge is 2.23. The van der Waals surface area contributed by atoms with E-state index in [1.165, 1.54) is 6.42 Å². The van der Waals surface area contributed by atoms with Gasteiger partial charge in [-0.05, 0) is 25.3 Å². The summed E-state index contributed by atoms with van der Waals surface area (Å²) in [6.07, 6.45) is 3.29. The van der Waals surface area contributed by atoms with E-state index in [0.29, 0.717) is 28.8 Å². The van der Waals surface area contributed by atoms with Gasteiger partial charge in [0, 0.05) is 17.8 Å². The smallest absolute Gasteiger partial charge is 0.253 e. The standard InChI is InChI=1S/C12H14N2O3/c13-9-5-11-10(16-6-17-11)4-8(9)12(15)14-7-2-1-3-7/h4-5,7H,1-3,6,13H2,(H,14,15). The molecule has 1 amide bonds. The van der Waals surface area contributed by atoms with Gasteiger partial charge in [-0.25, -0.2) is 0 Å². The van der Waals surface area contributed by atoms with Crippen LogP contribution in [0.4, 0.5) is 5.69 Å². The molecule has 1 aliphatic heterocycles. The van der Waals surface area contributed by atoms with E-state index in [0.717, 1.165) is 12.8 Å². The van der Waals surface area contributed by atoms with Crippen LogP contribution in [0.2, 0.25) is 0 Å². The number of carbonyl (C=O) groups is 1. The number of hydrogen-bond acceptors (Lipinski definition) is 4. The number of benzene rings is 1. The largest absolute Gasteiger partial charge is 0.454 e. The minimum absolute atomic E-state index is 0.134. The van der Waals surface area contributed by atoms with Crippen molar-refractivity contribution >= 4 is 11.6 Å². The number of carbonyl (C=O) groups excluding carboxylic acids is 1. The van der Waals surface area contributed by atoms with E-state index in [1.807, 2.05) is 0 Å². The average Bonchev–Trinajstić information content (AvgIpc) is 2.68. The Morgan fingerprint density at radius 3 is 2.65 bits per heavy atom. The Kier molecular flexibility index (Phi) is 2.31. The van der Waals surface area contributed by atoms with Crippen molar-refractivity contribution in [2.75, 3.05) is 12.5 Å². The van der Waals surface area contributed by atoms with E-state index in [9.17, 15) is 4.79 Å². The minimum atomic E-state index is -0.134. The third kappa shape index (κ3) is 1.77. The van der Waals surface area contributed by atoms with Crippen LogP contribution in [0, 0.1) is 0 Å². The van der Waals surface area contributed by atoms with Crippen LogP contribution >= 0.6 is 0 Å². The first-order valence-electron chi connectivity index (χ1n) is 5.74. The molecule has 2 aliphatic rings. The maximum atomic E-state index is 12.0. The van der Waals surface area contributed by atoms with Gasteiger partial charge in [-0.3, -0.25) is 4.79 Å². The molecule has 5 nitrogen and oxygen atoms in total. The second-order valence-corrected chi connectivity index (χ2v) is 4.39. The van der Waals surface area contributed by atoms with Gasteiger partial charge in [0.2, 0.25) is 6.79 Å². The first kappa shape index (κ1) is 10.3. The van der Waals surface area contributed by atoms with E-state index in [4.69, 9.17) is 15.2 Å². The van der Waals surface area contributed by atoms with Crippen molar-refractivity contribution in [2.24, 2.45) is 0 Å². The molecule has 1 aromatic rings. The van der Waals surface area contributed by atoms with Crippen molar-refractivity contribution in [3.63, 3.8) is 0 Å². The maximum absolute atomic E-state index is 12.0. The lowest BCUT2D eigenvalue weighted by molar-refractivity contribution is 0.0917. The molecule has 1 heterocycles. The molecule has 1 aromatic carbocycles. The maximum Gasteiger partial charge on any atom is 0.253 e. The number of hydrogen-bond donors (Lipinski definition) is 2. The van der Waals surface area contributed by atoms with Crippen LogP contribution in [-0.2, 0) is 0 Å². The fourth-order valence-corrected chi connectivity index (χ4v) is 1.97. The van der Waals surface area contributed by atoms with Gasteiger partial charge in [0.1, 0.15) is 0 Å². The zero-order valence-corrected chi connectivity index (χ0v) is 9.36. The van der Waals surface area contributed by atoms with E-state index < -0.39 is 0 Å². The van der Waals surface area contributed by atoms with Crippen LogP contribution in [-0.4, -0.2) is 18.7 Å². The molecule has 0 aromatic heterocycles. The summed E-state index contributed by atoms with van der Waals surface area (Å²) in [7, 11) is 0. The molecule has 17 heavy (non-hydrogen) atoms. The SMILES string of the molecule is Nc1cc2c(cc1C(=O)NC1CCC1)OCO2. The summed E-state index contributed by atoms with van der Waals surface area (Å²) in [5.74, 6) is 1.05. The highest BCUT2D eigenvalue weighted by atomic mass is 16.7. The fourth-order valence-electron chi connectivity index (χ4n) is 1.97.